The molecule has 0 aliphatic carbocycles. The van der Waals surface area contributed by atoms with E-state index < -0.39 is 46.0 Å². The minimum Gasteiger partial charge on any atom is -0.502 e. The van der Waals surface area contributed by atoms with E-state index in [4.69, 9.17) is 9.47 Å². The van der Waals surface area contributed by atoms with Crippen LogP contribution in [0.5, 0.6) is 11.5 Å². The fourth-order valence-electron chi connectivity index (χ4n) is 3.31. The fraction of sp³-hybridized carbons (Fsp3) is 0.267. The van der Waals surface area contributed by atoms with Crippen LogP contribution >= 0.6 is 22.7 Å². The molecule has 12 nitrogen and oxygen atoms in total. The number of carbonyl (C=O) groups excluding carboxylic acids is 2. The number of amides is 2. The third kappa shape index (κ3) is 10.2. The average molecular weight is 641 g/mol. The zero-order chi connectivity index (χ0) is 32.7. The van der Waals surface area contributed by atoms with Crippen molar-refractivity contribution in [3.05, 3.63) is 80.0 Å². The summed E-state index contributed by atoms with van der Waals surface area (Å²) in [6.07, 6.45) is -1.18. The Labute approximate surface area is 261 Å². The average Bonchev–Trinajstić information content (AvgIpc) is 2.91. The minimum atomic E-state index is -0.708. The second-order valence-corrected chi connectivity index (χ2v) is 12.7. The Hall–Kier alpha value is -4.82. The van der Waals surface area contributed by atoms with E-state index in [2.05, 4.69) is 20.6 Å². The Balaban J connectivity index is 0.000000240. The van der Waals surface area contributed by atoms with Gasteiger partial charge < -0.3 is 19.7 Å². The standard InChI is InChI=1S/2C15H16N2O4S/c2*1-15(2,3)21-14(20)16-10-7-5-4-6-9(10)13-17-12(19)11(18)8-22-13/h2*4-8,18H,1-3H3,(H,16,20). The lowest BCUT2D eigenvalue weighted by Gasteiger charge is -2.20. The summed E-state index contributed by atoms with van der Waals surface area (Å²) in [5.41, 5.74) is -0.523. The number of para-hydroxylation sites is 2. The summed E-state index contributed by atoms with van der Waals surface area (Å²) < 4.78 is 10.4. The molecule has 0 saturated heterocycles. The molecule has 0 aliphatic heterocycles. The molecule has 0 spiro atoms. The van der Waals surface area contributed by atoms with Crippen molar-refractivity contribution in [2.75, 3.05) is 10.6 Å². The largest absolute Gasteiger partial charge is 0.502 e. The van der Waals surface area contributed by atoms with Gasteiger partial charge in [0.15, 0.2) is 11.5 Å². The molecule has 2 heterocycles. The van der Waals surface area contributed by atoms with E-state index in [1.807, 2.05) is 0 Å². The third-order valence-electron chi connectivity index (χ3n) is 4.99. The Morgan fingerprint density at radius 2 is 1.00 bits per heavy atom. The summed E-state index contributed by atoms with van der Waals surface area (Å²) >= 11 is 2.22. The molecule has 4 rings (SSSR count). The molecule has 0 unspecified atom stereocenters. The van der Waals surface area contributed by atoms with Gasteiger partial charge in [0.25, 0.3) is 0 Å². The summed E-state index contributed by atoms with van der Waals surface area (Å²) in [5.74, 6) is -0.794. The number of ether oxygens (including phenoxy) is 2. The second-order valence-electron chi connectivity index (χ2n) is 11.0. The van der Waals surface area contributed by atoms with E-state index in [-0.39, 0.29) is 0 Å². The van der Waals surface area contributed by atoms with Crippen LogP contribution < -0.4 is 21.8 Å². The van der Waals surface area contributed by atoms with Gasteiger partial charge in [-0.1, -0.05) is 24.3 Å². The highest BCUT2D eigenvalue weighted by Crippen LogP contribution is 2.31. The summed E-state index contributed by atoms with van der Waals surface area (Å²) in [5, 5.41) is 27.3. The maximum atomic E-state index is 11.9. The molecule has 2 aromatic carbocycles. The SMILES string of the molecule is CC(C)(C)OC(=O)Nc1ccccc1-c1nc(=O)c(O)cs1.CC(C)(C)OC(=O)Nc1ccccc1-c1nc(=O)c(O)cs1. The minimum absolute atomic E-state index is 0.397. The Kier molecular flexibility index (Phi) is 10.8. The predicted octanol–water partition coefficient (Wildman–Crippen LogP) is 6.45. The van der Waals surface area contributed by atoms with Crippen molar-refractivity contribution < 1.29 is 29.3 Å². The number of hydrogen-bond acceptors (Lipinski definition) is 12. The van der Waals surface area contributed by atoms with Crippen LogP contribution in [0.4, 0.5) is 21.0 Å². The Bertz CT molecular complexity index is 1630. The van der Waals surface area contributed by atoms with Gasteiger partial charge in [0.05, 0.1) is 11.4 Å². The number of rotatable bonds is 4. The molecule has 232 valence electrons. The lowest BCUT2D eigenvalue weighted by atomic mass is 10.2. The first-order valence-electron chi connectivity index (χ1n) is 13.1. The highest BCUT2D eigenvalue weighted by atomic mass is 32.1. The molecule has 0 atom stereocenters. The van der Waals surface area contributed by atoms with E-state index in [1.54, 1.807) is 90.1 Å². The van der Waals surface area contributed by atoms with E-state index in [9.17, 15) is 29.4 Å². The number of aromatic nitrogens is 2. The van der Waals surface area contributed by atoms with Crippen LogP contribution in [0.25, 0.3) is 21.1 Å². The van der Waals surface area contributed by atoms with Crippen molar-refractivity contribution in [1.82, 2.24) is 9.97 Å². The van der Waals surface area contributed by atoms with Gasteiger partial charge >= 0.3 is 23.3 Å². The van der Waals surface area contributed by atoms with Crippen molar-refractivity contribution in [2.45, 2.75) is 52.7 Å². The van der Waals surface area contributed by atoms with E-state index in [1.165, 1.54) is 10.8 Å². The molecule has 14 heteroatoms. The molecule has 0 fully saturated rings. The van der Waals surface area contributed by atoms with Gasteiger partial charge in [-0.3, -0.25) is 20.2 Å². The first kappa shape index (κ1) is 33.7. The number of hydrogen-bond donors (Lipinski definition) is 4. The van der Waals surface area contributed by atoms with E-state index in [0.717, 1.165) is 22.7 Å². The van der Waals surface area contributed by atoms with Crippen LogP contribution in [-0.2, 0) is 9.47 Å². The Morgan fingerprint density at radius 3 is 1.32 bits per heavy atom. The summed E-state index contributed by atoms with van der Waals surface area (Å²) in [7, 11) is 0. The van der Waals surface area contributed by atoms with Crippen LogP contribution in [0, 0.1) is 0 Å². The van der Waals surface area contributed by atoms with Crippen LogP contribution in [0.15, 0.2) is 68.9 Å². The lowest BCUT2D eigenvalue weighted by Crippen LogP contribution is -2.27. The normalized spacial score (nSPS) is 11.0. The van der Waals surface area contributed by atoms with Crippen molar-refractivity contribution in [1.29, 1.82) is 0 Å². The molecule has 44 heavy (non-hydrogen) atoms. The topological polar surface area (TPSA) is 177 Å². The van der Waals surface area contributed by atoms with Gasteiger partial charge in [0.2, 0.25) is 0 Å². The number of anilines is 2. The van der Waals surface area contributed by atoms with Crippen molar-refractivity contribution in [2.24, 2.45) is 0 Å². The maximum absolute atomic E-state index is 11.9. The molecule has 2 aromatic heterocycles. The molecule has 4 N–H and O–H groups in total. The number of carbonyl (C=O) groups is 2. The van der Waals surface area contributed by atoms with Crippen LogP contribution in [0.1, 0.15) is 41.5 Å². The number of benzene rings is 2. The molecule has 0 saturated carbocycles. The van der Waals surface area contributed by atoms with Gasteiger partial charge in [-0.15, -0.1) is 22.7 Å². The molecule has 4 aromatic rings. The van der Waals surface area contributed by atoms with E-state index >= 15 is 0 Å². The summed E-state index contributed by atoms with van der Waals surface area (Å²) in [6.45, 7) is 10.6. The van der Waals surface area contributed by atoms with E-state index in [0.29, 0.717) is 32.5 Å². The summed E-state index contributed by atoms with van der Waals surface area (Å²) in [4.78, 5) is 54.3. The van der Waals surface area contributed by atoms with Crippen LogP contribution in [0.3, 0.4) is 0 Å². The zero-order valence-corrected chi connectivity index (χ0v) is 26.5. The zero-order valence-electron chi connectivity index (χ0n) is 24.8. The predicted molar refractivity (Wildman–Crippen MR) is 171 cm³/mol. The Morgan fingerprint density at radius 1 is 0.659 bits per heavy atom. The smallest absolute Gasteiger partial charge is 0.412 e. The molecule has 0 radical (unpaired) electrons. The molecular formula is C30H32N4O8S2. The third-order valence-corrected chi connectivity index (χ3v) is 6.75. The first-order chi connectivity index (χ1) is 20.5. The molecular weight excluding hydrogens is 608 g/mol. The number of nitrogens with one attached hydrogen (secondary N) is 2. The van der Waals surface area contributed by atoms with Gasteiger partial charge in [-0.05, 0) is 65.8 Å². The number of nitrogens with zero attached hydrogens (tertiary/aromatic N) is 2. The van der Waals surface area contributed by atoms with Crippen LogP contribution in [0.2, 0.25) is 0 Å². The van der Waals surface area contributed by atoms with Crippen molar-refractivity contribution in [3.63, 3.8) is 0 Å². The monoisotopic (exact) mass is 640 g/mol. The van der Waals surface area contributed by atoms with Crippen molar-refractivity contribution >= 4 is 46.2 Å². The van der Waals surface area contributed by atoms with Gasteiger partial charge in [-0.2, -0.15) is 9.97 Å². The lowest BCUT2D eigenvalue weighted by molar-refractivity contribution is 0.0624. The molecule has 2 amide bonds. The quantitative estimate of drug-likeness (QED) is 0.194. The van der Waals surface area contributed by atoms with Crippen molar-refractivity contribution in [3.8, 4) is 32.6 Å². The highest BCUT2D eigenvalue weighted by molar-refractivity contribution is 7.13. The van der Waals surface area contributed by atoms with Gasteiger partial charge in [0.1, 0.15) is 21.2 Å². The van der Waals surface area contributed by atoms with Gasteiger partial charge in [0, 0.05) is 21.9 Å². The molecule has 0 aliphatic rings. The summed E-state index contributed by atoms with van der Waals surface area (Å²) in [6, 6.07) is 13.8. The molecule has 0 bridgehead atoms. The maximum Gasteiger partial charge on any atom is 0.412 e. The first-order valence-corrected chi connectivity index (χ1v) is 14.8. The van der Waals surface area contributed by atoms with Crippen LogP contribution in [-0.4, -0.2) is 43.6 Å². The second kappa shape index (κ2) is 14.1. The number of aromatic hydroxyl groups is 2. The fourth-order valence-corrected chi connectivity index (χ4v) is 4.84. The van der Waals surface area contributed by atoms with Gasteiger partial charge in [-0.25, -0.2) is 9.59 Å². The highest BCUT2D eigenvalue weighted by Gasteiger charge is 2.19.